The van der Waals surface area contributed by atoms with Gasteiger partial charge in [-0.1, -0.05) is 18.2 Å². The third kappa shape index (κ3) is 3.30. The van der Waals surface area contributed by atoms with Crippen LogP contribution in [0.3, 0.4) is 0 Å². The molecule has 0 spiro atoms. The predicted molar refractivity (Wildman–Crippen MR) is 98.1 cm³/mol. The van der Waals surface area contributed by atoms with E-state index in [1.165, 1.54) is 10.9 Å². The van der Waals surface area contributed by atoms with E-state index in [1.807, 2.05) is 30.7 Å². The number of aryl methyl sites for hydroxylation is 1. The summed E-state index contributed by atoms with van der Waals surface area (Å²) in [4.78, 5) is 11.2. The van der Waals surface area contributed by atoms with Crippen LogP contribution in [0.5, 0.6) is 0 Å². The molecule has 1 aromatic carbocycles. The van der Waals surface area contributed by atoms with E-state index < -0.39 is 0 Å². The minimum Gasteiger partial charge on any atom is -0.391 e. The third-order valence-electron chi connectivity index (χ3n) is 5.21. The number of pyridine rings is 1. The van der Waals surface area contributed by atoms with E-state index >= 15 is 0 Å². The Hall–Kier alpha value is -2.24. The van der Waals surface area contributed by atoms with E-state index in [4.69, 9.17) is 0 Å². The van der Waals surface area contributed by atoms with Gasteiger partial charge in [0, 0.05) is 49.5 Å². The molecule has 5 heteroatoms. The van der Waals surface area contributed by atoms with Crippen molar-refractivity contribution in [1.29, 1.82) is 0 Å². The molecule has 0 radical (unpaired) electrons. The number of aromatic nitrogens is 3. The smallest absolute Gasteiger partial charge is 0.122 e. The summed E-state index contributed by atoms with van der Waals surface area (Å²) in [5, 5.41) is 11.8. The highest BCUT2D eigenvalue weighted by Gasteiger charge is 2.32. The second kappa shape index (κ2) is 6.94. The molecule has 1 fully saturated rings. The van der Waals surface area contributed by atoms with E-state index in [0.717, 1.165) is 37.4 Å². The zero-order valence-corrected chi connectivity index (χ0v) is 14.5. The van der Waals surface area contributed by atoms with Gasteiger partial charge in [0.2, 0.25) is 0 Å². The number of hydrogen-bond acceptors (Lipinski definition) is 4. The first kappa shape index (κ1) is 16.2. The Morgan fingerprint density at radius 1 is 1.12 bits per heavy atom. The lowest BCUT2D eigenvalue weighted by Gasteiger charge is -2.16. The highest BCUT2D eigenvalue weighted by molar-refractivity contribution is 5.81. The minimum absolute atomic E-state index is 0.246. The molecule has 1 saturated heterocycles. The molecule has 3 aromatic rings. The van der Waals surface area contributed by atoms with E-state index in [0.29, 0.717) is 6.54 Å². The average Bonchev–Trinajstić information content (AvgIpc) is 3.22. The zero-order chi connectivity index (χ0) is 17.2. The van der Waals surface area contributed by atoms with Crippen LogP contribution in [0.2, 0.25) is 0 Å². The quantitative estimate of drug-likeness (QED) is 0.778. The number of aliphatic hydroxyl groups is 1. The molecule has 1 aliphatic heterocycles. The average molecular weight is 336 g/mol. The summed E-state index contributed by atoms with van der Waals surface area (Å²) in [6.07, 6.45) is 6.32. The molecule has 25 heavy (non-hydrogen) atoms. The van der Waals surface area contributed by atoms with Gasteiger partial charge in [0.25, 0.3) is 0 Å². The molecule has 2 atom stereocenters. The van der Waals surface area contributed by atoms with Crippen LogP contribution in [-0.4, -0.2) is 43.7 Å². The number of benzene rings is 1. The molecular weight excluding hydrogens is 312 g/mol. The van der Waals surface area contributed by atoms with Crippen molar-refractivity contribution < 1.29 is 5.11 Å². The summed E-state index contributed by atoms with van der Waals surface area (Å²) >= 11 is 0. The van der Waals surface area contributed by atoms with Crippen LogP contribution >= 0.6 is 0 Å². The summed E-state index contributed by atoms with van der Waals surface area (Å²) in [5.74, 6) is 1.32. The third-order valence-corrected chi connectivity index (χ3v) is 5.21. The van der Waals surface area contributed by atoms with Crippen molar-refractivity contribution >= 4 is 10.9 Å². The second-order valence-electron chi connectivity index (χ2n) is 6.84. The Labute approximate surface area is 147 Å². The molecule has 0 aliphatic carbocycles. The highest BCUT2D eigenvalue weighted by Crippen LogP contribution is 2.26. The van der Waals surface area contributed by atoms with Crippen molar-refractivity contribution in [3.8, 4) is 0 Å². The largest absolute Gasteiger partial charge is 0.391 e. The fourth-order valence-corrected chi connectivity index (χ4v) is 3.87. The Balaban J connectivity index is 1.48. The van der Waals surface area contributed by atoms with Crippen molar-refractivity contribution in [3.63, 3.8) is 0 Å². The lowest BCUT2D eigenvalue weighted by molar-refractivity contribution is 0.141. The van der Waals surface area contributed by atoms with Crippen LogP contribution in [0, 0.1) is 5.92 Å². The summed E-state index contributed by atoms with van der Waals surface area (Å²) in [6.45, 7) is 5.46. The molecule has 3 heterocycles. The molecular formula is C20H24N4O. The van der Waals surface area contributed by atoms with Gasteiger partial charge in [-0.15, -0.1) is 0 Å². The molecule has 0 amide bonds. The summed E-state index contributed by atoms with van der Waals surface area (Å²) in [7, 11) is 0. The maximum atomic E-state index is 10.6. The first-order chi connectivity index (χ1) is 12.2. The number of aliphatic hydroxyl groups excluding tert-OH is 1. The standard InChI is InChI=1S/C20H24N4O/c1-2-24-10-9-22-20(24)14-23-12-16(19(25)13-23)11-15-7-8-21-18-6-4-3-5-17(15)18/h3-10,16,19,25H,2,11-14H2,1H3/t16-,19-/m1/s1. The number of fused-ring (bicyclic) bond motifs is 1. The van der Waals surface area contributed by atoms with E-state index in [-0.39, 0.29) is 12.0 Å². The Morgan fingerprint density at radius 2 is 2.00 bits per heavy atom. The van der Waals surface area contributed by atoms with Crippen LogP contribution in [0.15, 0.2) is 48.9 Å². The monoisotopic (exact) mass is 336 g/mol. The summed E-state index contributed by atoms with van der Waals surface area (Å²) < 4.78 is 2.16. The number of likely N-dealkylation sites (tertiary alicyclic amines) is 1. The Kier molecular flexibility index (Phi) is 4.51. The second-order valence-corrected chi connectivity index (χ2v) is 6.84. The maximum absolute atomic E-state index is 10.6. The van der Waals surface area contributed by atoms with Gasteiger partial charge in [0.05, 0.1) is 18.2 Å². The summed E-state index contributed by atoms with van der Waals surface area (Å²) in [6, 6.07) is 10.3. The molecule has 130 valence electrons. The number of β-amino-alcohol motifs (C(OH)–C–C–N with tert-alkyl or cyclic N) is 1. The van der Waals surface area contributed by atoms with Crippen LogP contribution < -0.4 is 0 Å². The molecule has 5 nitrogen and oxygen atoms in total. The van der Waals surface area contributed by atoms with Crippen molar-refractivity contribution in [2.45, 2.75) is 32.5 Å². The van der Waals surface area contributed by atoms with Gasteiger partial charge in [-0.05, 0) is 31.0 Å². The maximum Gasteiger partial charge on any atom is 0.122 e. The van der Waals surface area contributed by atoms with Crippen molar-refractivity contribution in [2.75, 3.05) is 13.1 Å². The zero-order valence-electron chi connectivity index (χ0n) is 14.5. The first-order valence-corrected chi connectivity index (χ1v) is 8.97. The van der Waals surface area contributed by atoms with Crippen LogP contribution in [0.4, 0.5) is 0 Å². The highest BCUT2D eigenvalue weighted by atomic mass is 16.3. The van der Waals surface area contributed by atoms with Gasteiger partial charge in [0.15, 0.2) is 0 Å². The molecule has 2 aromatic heterocycles. The molecule has 4 rings (SSSR count). The van der Waals surface area contributed by atoms with E-state index in [1.54, 1.807) is 0 Å². The predicted octanol–water partition coefficient (Wildman–Crippen LogP) is 2.49. The fraction of sp³-hybridized carbons (Fsp3) is 0.400. The first-order valence-electron chi connectivity index (χ1n) is 8.97. The molecule has 1 aliphatic rings. The molecule has 0 unspecified atom stereocenters. The van der Waals surface area contributed by atoms with Gasteiger partial charge in [-0.25, -0.2) is 4.98 Å². The van der Waals surface area contributed by atoms with Crippen molar-refractivity contribution in [3.05, 3.63) is 60.3 Å². The Morgan fingerprint density at radius 3 is 2.88 bits per heavy atom. The fourth-order valence-electron chi connectivity index (χ4n) is 3.87. The number of para-hydroxylation sites is 1. The van der Waals surface area contributed by atoms with E-state index in [2.05, 4.69) is 44.6 Å². The SMILES string of the molecule is CCn1ccnc1CN1C[C@@H](Cc2ccnc3ccccc23)[C@H](O)C1. The van der Waals surface area contributed by atoms with Crippen LogP contribution in [-0.2, 0) is 19.5 Å². The molecule has 0 bridgehead atoms. The Bertz CT molecular complexity index is 854. The van der Waals surface area contributed by atoms with Crippen LogP contribution in [0.25, 0.3) is 10.9 Å². The summed E-state index contributed by atoms with van der Waals surface area (Å²) in [5.41, 5.74) is 2.29. The van der Waals surface area contributed by atoms with Crippen molar-refractivity contribution in [1.82, 2.24) is 19.4 Å². The van der Waals surface area contributed by atoms with Crippen LogP contribution in [0.1, 0.15) is 18.3 Å². The molecule has 1 N–H and O–H groups in total. The minimum atomic E-state index is -0.294. The lowest BCUT2D eigenvalue weighted by atomic mass is 9.94. The van der Waals surface area contributed by atoms with Gasteiger partial charge >= 0.3 is 0 Å². The van der Waals surface area contributed by atoms with Gasteiger partial charge in [-0.2, -0.15) is 0 Å². The lowest BCUT2D eigenvalue weighted by Crippen LogP contribution is -2.23. The van der Waals surface area contributed by atoms with Gasteiger partial charge in [0.1, 0.15) is 5.82 Å². The van der Waals surface area contributed by atoms with Gasteiger partial charge < -0.3 is 9.67 Å². The number of rotatable bonds is 5. The van der Waals surface area contributed by atoms with Gasteiger partial charge in [-0.3, -0.25) is 9.88 Å². The number of nitrogens with zero attached hydrogens (tertiary/aromatic N) is 4. The van der Waals surface area contributed by atoms with E-state index in [9.17, 15) is 5.11 Å². The number of imidazole rings is 1. The topological polar surface area (TPSA) is 54.2 Å². The molecule has 0 saturated carbocycles. The normalized spacial score (nSPS) is 21.2. The number of hydrogen-bond donors (Lipinski definition) is 1. The van der Waals surface area contributed by atoms with Crippen molar-refractivity contribution in [2.24, 2.45) is 5.92 Å².